The van der Waals surface area contributed by atoms with Crippen LogP contribution in [0.3, 0.4) is 0 Å². The average molecular weight is 368 g/mol. The number of allylic oxidation sites excluding steroid dienone is 2. The molecule has 0 saturated carbocycles. The number of benzene rings is 1. The van der Waals surface area contributed by atoms with E-state index in [1.165, 1.54) is 24.4 Å². The minimum Gasteiger partial charge on any atom is -0.255 e. The summed E-state index contributed by atoms with van der Waals surface area (Å²) < 4.78 is 60.7. The molecule has 1 aliphatic rings. The van der Waals surface area contributed by atoms with E-state index in [1.807, 2.05) is 0 Å². The fourth-order valence-corrected chi connectivity index (χ4v) is 3.39. The average Bonchev–Trinajstić information content (AvgIpc) is 3.03. The second-order valence-electron chi connectivity index (χ2n) is 5.81. The highest BCUT2D eigenvalue weighted by Gasteiger charge is 2.30. The zero-order chi connectivity index (χ0) is 18.2. The normalized spacial score (nSPS) is 15.7. The number of halogens is 3. The Bertz CT molecular complexity index is 916. The summed E-state index contributed by atoms with van der Waals surface area (Å²) in [6.45, 7) is 0. The number of hydrogen-bond donors (Lipinski definition) is 1. The number of nitrogens with zero attached hydrogens (tertiary/aromatic N) is 1. The summed E-state index contributed by atoms with van der Waals surface area (Å²) in [7, 11) is -3.81. The molecule has 0 saturated heterocycles. The molecule has 25 heavy (non-hydrogen) atoms. The van der Waals surface area contributed by atoms with Crippen molar-refractivity contribution in [3.05, 3.63) is 59.4 Å². The first-order valence-electron chi connectivity index (χ1n) is 7.55. The first-order valence-corrected chi connectivity index (χ1v) is 9.10. The van der Waals surface area contributed by atoms with Crippen LogP contribution in [0.25, 0.3) is 11.1 Å². The molecule has 0 unspecified atom stereocenters. The number of sulfonamides is 1. The minimum atomic E-state index is -4.36. The molecule has 0 aliphatic heterocycles. The predicted octanol–water partition coefficient (Wildman–Crippen LogP) is 3.84. The van der Waals surface area contributed by atoms with Crippen molar-refractivity contribution in [1.29, 1.82) is 0 Å². The summed E-state index contributed by atoms with van der Waals surface area (Å²) in [6, 6.07) is 8.01. The number of alkyl halides is 3. The quantitative estimate of drug-likeness (QED) is 0.895. The Labute approximate surface area is 143 Å². The van der Waals surface area contributed by atoms with Gasteiger partial charge in [0.05, 0.1) is 11.3 Å². The van der Waals surface area contributed by atoms with E-state index in [2.05, 4.69) is 4.98 Å². The molecule has 132 valence electrons. The molecule has 0 fully saturated rings. The SMILES string of the molecule is NS(=O)(=O)c1ccc(C2=C(c3ccc(C(F)(F)F)cc3)CCC2)nc1. The first-order chi connectivity index (χ1) is 11.7. The van der Waals surface area contributed by atoms with Crippen molar-refractivity contribution in [2.75, 3.05) is 0 Å². The smallest absolute Gasteiger partial charge is 0.255 e. The molecule has 0 bridgehead atoms. The van der Waals surface area contributed by atoms with Gasteiger partial charge in [0.25, 0.3) is 0 Å². The lowest BCUT2D eigenvalue weighted by molar-refractivity contribution is -0.137. The molecule has 2 aromatic rings. The molecular formula is C17H15F3N2O2S. The third-order valence-corrected chi connectivity index (χ3v) is 5.05. The van der Waals surface area contributed by atoms with E-state index < -0.39 is 21.8 Å². The van der Waals surface area contributed by atoms with Gasteiger partial charge < -0.3 is 0 Å². The van der Waals surface area contributed by atoms with E-state index in [9.17, 15) is 21.6 Å². The molecular weight excluding hydrogens is 353 g/mol. The van der Waals surface area contributed by atoms with Crippen molar-refractivity contribution < 1.29 is 21.6 Å². The highest BCUT2D eigenvalue weighted by molar-refractivity contribution is 7.89. The number of hydrogen-bond acceptors (Lipinski definition) is 3. The molecule has 0 spiro atoms. The lowest BCUT2D eigenvalue weighted by atomic mass is 9.99. The third kappa shape index (κ3) is 3.74. The zero-order valence-electron chi connectivity index (χ0n) is 13.0. The lowest BCUT2D eigenvalue weighted by Crippen LogP contribution is -2.12. The Balaban J connectivity index is 1.97. The Hall–Kier alpha value is -2.19. The number of nitrogens with two attached hydrogens (primary N) is 1. The largest absolute Gasteiger partial charge is 0.416 e. The topological polar surface area (TPSA) is 73.1 Å². The molecule has 3 rings (SSSR count). The molecule has 1 aliphatic carbocycles. The van der Waals surface area contributed by atoms with Crippen LogP contribution >= 0.6 is 0 Å². The first kappa shape index (κ1) is 17.6. The molecule has 4 nitrogen and oxygen atoms in total. The Morgan fingerprint density at radius 1 is 0.960 bits per heavy atom. The Morgan fingerprint density at radius 3 is 2.12 bits per heavy atom. The van der Waals surface area contributed by atoms with Crippen LogP contribution < -0.4 is 5.14 Å². The van der Waals surface area contributed by atoms with Crippen LogP contribution in [0.1, 0.15) is 36.1 Å². The van der Waals surface area contributed by atoms with Gasteiger partial charge in [-0.1, -0.05) is 12.1 Å². The van der Waals surface area contributed by atoms with Crippen molar-refractivity contribution in [2.45, 2.75) is 30.3 Å². The predicted molar refractivity (Wildman–Crippen MR) is 87.7 cm³/mol. The molecule has 0 amide bonds. The highest BCUT2D eigenvalue weighted by Crippen LogP contribution is 2.40. The highest BCUT2D eigenvalue weighted by atomic mass is 32.2. The van der Waals surface area contributed by atoms with Gasteiger partial charge in [-0.3, -0.25) is 4.98 Å². The maximum absolute atomic E-state index is 12.7. The van der Waals surface area contributed by atoms with Gasteiger partial charge in [0, 0.05) is 6.20 Å². The van der Waals surface area contributed by atoms with E-state index in [-0.39, 0.29) is 4.90 Å². The van der Waals surface area contributed by atoms with Crippen LogP contribution in [0.4, 0.5) is 13.2 Å². The molecule has 2 N–H and O–H groups in total. The second kappa shape index (κ2) is 6.27. The van der Waals surface area contributed by atoms with Crippen molar-refractivity contribution in [1.82, 2.24) is 4.98 Å². The van der Waals surface area contributed by atoms with Gasteiger partial charge in [-0.25, -0.2) is 13.6 Å². The van der Waals surface area contributed by atoms with Gasteiger partial charge in [-0.15, -0.1) is 0 Å². The lowest BCUT2D eigenvalue weighted by Gasteiger charge is -2.10. The van der Waals surface area contributed by atoms with E-state index in [0.29, 0.717) is 5.69 Å². The maximum atomic E-state index is 12.7. The van der Waals surface area contributed by atoms with E-state index in [4.69, 9.17) is 5.14 Å². The van der Waals surface area contributed by atoms with Gasteiger partial charge in [0.1, 0.15) is 4.90 Å². The summed E-state index contributed by atoms with van der Waals surface area (Å²) in [5.41, 5.74) is 2.50. The summed E-state index contributed by atoms with van der Waals surface area (Å²) in [5, 5.41) is 5.06. The zero-order valence-corrected chi connectivity index (χ0v) is 13.9. The summed E-state index contributed by atoms with van der Waals surface area (Å²) in [5.74, 6) is 0. The van der Waals surface area contributed by atoms with Gasteiger partial charge in [0.2, 0.25) is 10.0 Å². The Morgan fingerprint density at radius 2 is 1.60 bits per heavy atom. The molecule has 0 atom stereocenters. The van der Waals surface area contributed by atoms with E-state index in [1.54, 1.807) is 6.07 Å². The van der Waals surface area contributed by atoms with Gasteiger partial charge in [-0.05, 0) is 60.2 Å². The molecule has 1 aromatic carbocycles. The van der Waals surface area contributed by atoms with Crippen molar-refractivity contribution >= 4 is 21.2 Å². The van der Waals surface area contributed by atoms with E-state index in [0.717, 1.165) is 48.1 Å². The third-order valence-electron chi connectivity index (χ3n) is 4.15. The van der Waals surface area contributed by atoms with Crippen molar-refractivity contribution in [3.8, 4) is 0 Å². The number of aromatic nitrogens is 1. The van der Waals surface area contributed by atoms with Crippen molar-refractivity contribution in [2.24, 2.45) is 5.14 Å². The molecule has 0 radical (unpaired) electrons. The van der Waals surface area contributed by atoms with Crippen LogP contribution in [0.2, 0.25) is 0 Å². The van der Waals surface area contributed by atoms with Crippen LogP contribution in [-0.4, -0.2) is 13.4 Å². The molecule has 1 heterocycles. The molecule has 8 heteroatoms. The van der Waals surface area contributed by atoms with Gasteiger partial charge in [0.15, 0.2) is 0 Å². The maximum Gasteiger partial charge on any atom is 0.416 e. The van der Waals surface area contributed by atoms with Crippen LogP contribution in [0.15, 0.2) is 47.5 Å². The monoisotopic (exact) mass is 368 g/mol. The standard InChI is InChI=1S/C17H15F3N2O2S/c18-17(19,20)12-6-4-11(5-7-12)14-2-1-3-15(14)16-9-8-13(10-22-16)25(21,23)24/h4-10H,1-3H2,(H2,21,23,24). The second-order valence-corrected chi connectivity index (χ2v) is 7.37. The van der Waals surface area contributed by atoms with Gasteiger partial charge in [-0.2, -0.15) is 13.2 Å². The fourth-order valence-electron chi connectivity index (χ4n) is 2.93. The van der Waals surface area contributed by atoms with Crippen molar-refractivity contribution in [3.63, 3.8) is 0 Å². The number of rotatable bonds is 3. The van der Waals surface area contributed by atoms with Gasteiger partial charge >= 0.3 is 6.18 Å². The summed E-state index contributed by atoms with van der Waals surface area (Å²) in [4.78, 5) is 4.08. The Kier molecular flexibility index (Phi) is 4.42. The fraction of sp³-hybridized carbons (Fsp3) is 0.235. The minimum absolute atomic E-state index is 0.0778. The van der Waals surface area contributed by atoms with Crippen LogP contribution in [0, 0.1) is 0 Å². The number of pyridine rings is 1. The summed E-state index contributed by atoms with van der Waals surface area (Å²) in [6.07, 6.45) is -0.835. The van der Waals surface area contributed by atoms with Crippen LogP contribution in [0.5, 0.6) is 0 Å². The summed E-state index contributed by atoms with van der Waals surface area (Å²) >= 11 is 0. The molecule has 1 aromatic heterocycles. The van der Waals surface area contributed by atoms with Crippen LogP contribution in [-0.2, 0) is 16.2 Å². The van der Waals surface area contributed by atoms with E-state index >= 15 is 0 Å². The number of primary sulfonamides is 1.